The Balaban J connectivity index is 1.74. The molecule has 3 rings (SSSR count). The zero-order chi connectivity index (χ0) is 16.7. The van der Waals surface area contributed by atoms with E-state index in [0.29, 0.717) is 5.15 Å². The maximum atomic E-state index is 12.9. The number of carbonyl (C=O) groups is 1. The first-order chi connectivity index (χ1) is 10.8. The molecule has 1 amide bonds. The van der Waals surface area contributed by atoms with Gasteiger partial charge in [0.1, 0.15) is 10.2 Å². The van der Waals surface area contributed by atoms with Crippen LogP contribution in [0.15, 0.2) is 23.7 Å². The number of rotatable bonds is 4. The second-order valence-electron chi connectivity index (χ2n) is 5.34. The summed E-state index contributed by atoms with van der Waals surface area (Å²) in [5.74, 6) is -0.792. The normalized spacial score (nSPS) is 16.2. The summed E-state index contributed by atoms with van der Waals surface area (Å²) in [6.45, 7) is 0.224. The summed E-state index contributed by atoms with van der Waals surface area (Å²) in [6.07, 6.45) is -2.03. The number of alkyl halides is 3. The molecule has 4 nitrogen and oxygen atoms in total. The van der Waals surface area contributed by atoms with Gasteiger partial charge in [0.15, 0.2) is 5.69 Å². The van der Waals surface area contributed by atoms with Crippen LogP contribution >= 0.6 is 22.9 Å². The summed E-state index contributed by atoms with van der Waals surface area (Å²) in [5.41, 5.74) is -1.97. The van der Waals surface area contributed by atoms with Gasteiger partial charge in [-0.2, -0.15) is 13.2 Å². The highest BCUT2D eigenvalue weighted by atomic mass is 35.5. The van der Waals surface area contributed by atoms with Gasteiger partial charge in [-0.15, -0.1) is 11.3 Å². The molecule has 2 aromatic rings. The topological polar surface area (TPSA) is 54.9 Å². The van der Waals surface area contributed by atoms with Crippen LogP contribution in [0.2, 0.25) is 5.15 Å². The van der Waals surface area contributed by atoms with Gasteiger partial charge in [0.25, 0.3) is 5.91 Å². The van der Waals surface area contributed by atoms with E-state index in [4.69, 9.17) is 11.6 Å². The number of hydrogen-bond acceptors (Lipinski definition) is 4. The van der Waals surface area contributed by atoms with E-state index in [-0.39, 0.29) is 12.0 Å². The van der Waals surface area contributed by atoms with E-state index in [2.05, 4.69) is 15.3 Å². The van der Waals surface area contributed by atoms with Gasteiger partial charge in [0.05, 0.1) is 5.56 Å². The van der Waals surface area contributed by atoms with Crippen molar-refractivity contribution in [2.45, 2.75) is 24.4 Å². The lowest BCUT2D eigenvalue weighted by atomic mass is 10.1. The average Bonchev–Trinajstić information content (AvgIpc) is 3.18. The molecule has 1 fully saturated rings. The van der Waals surface area contributed by atoms with Crippen molar-refractivity contribution in [1.82, 2.24) is 15.3 Å². The standard InChI is InChI=1S/C14H11ClF3N3OS/c15-9-6-23-12(21-9)13(3-4-13)7-20-11(22)8-2-1-5-19-10(8)14(16,17)18/h1-2,5-6H,3-4,7H2,(H,20,22). The lowest BCUT2D eigenvalue weighted by Crippen LogP contribution is -2.33. The molecule has 0 unspecified atom stereocenters. The van der Waals surface area contributed by atoms with Crippen LogP contribution in [0.1, 0.15) is 33.9 Å². The molecule has 0 aliphatic heterocycles. The van der Waals surface area contributed by atoms with Crippen molar-refractivity contribution in [1.29, 1.82) is 0 Å². The molecule has 0 aromatic carbocycles. The van der Waals surface area contributed by atoms with Crippen molar-refractivity contribution in [2.24, 2.45) is 0 Å². The number of halogens is 4. The van der Waals surface area contributed by atoms with Crippen LogP contribution in [-0.2, 0) is 11.6 Å². The summed E-state index contributed by atoms with van der Waals surface area (Å²) in [5, 5.41) is 5.44. The third-order valence-corrected chi connectivity index (χ3v) is 5.10. The molecule has 0 radical (unpaired) electrons. The Morgan fingerprint density at radius 1 is 1.43 bits per heavy atom. The summed E-state index contributed by atoms with van der Waals surface area (Å²) in [7, 11) is 0. The minimum atomic E-state index is -4.67. The van der Waals surface area contributed by atoms with Crippen molar-refractivity contribution >= 4 is 28.8 Å². The Bertz CT molecular complexity index is 743. The molecule has 9 heteroatoms. The molecule has 0 saturated heterocycles. The van der Waals surface area contributed by atoms with E-state index in [9.17, 15) is 18.0 Å². The summed E-state index contributed by atoms with van der Waals surface area (Å²) >= 11 is 7.19. The van der Waals surface area contributed by atoms with Gasteiger partial charge in [0, 0.05) is 23.5 Å². The number of thiazole rings is 1. The van der Waals surface area contributed by atoms with E-state index >= 15 is 0 Å². The van der Waals surface area contributed by atoms with Crippen molar-refractivity contribution < 1.29 is 18.0 Å². The van der Waals surface area contributed by atoms with Crippen molar-refractivity contribution in [2.75, 3.05) is 6.54 Å². The number of nitrogens with one attached hydrogen (secondary N) is 1. The van der Waals surface area contributed by atoms with Crippen LogP contribution < -0.4 is 5.32 Å². The fourth-order valence-corrected chi connectivity index (χ4v) is 3.48. The molecular weight excluding hydrogens is 351 g/mol. The summed E-state index contributed by atoms with van der Waals surface area (Å²) < 4.78 is 38.7. The summed E-state index contributed by atoms with van der Waals surface area (Å²) in [4.78, 5) is 19.6. The number of hydrogen-bond donors (Lipinski definition) is 1. The quantitative estimate of drug-likeness (QED) is 0.904. The number of amides is 1. The SMILES string of the molecule is O=C(NCC1(c2nc(Cl)cs2)CC1)c1cccnc1C(F)(F)F. The molecule has 23 heavy (non-hydrogen) atoms. The fraction of sp³-hybridized carbons (Fsp3) is 0.357. The van der Waals surface area contributed by atoms with Crippen LogP contribution in [0.3, 0.4) is 0 Å². The van der Waals surface area contributed by atoms with Crippen LogP contribution in [0, 0.1) is 0 Å². The summed E-state index contributed by atoms with van der Waals surface area (Å²) in [6, 6.07) is 2.42. The van der Waals surface area contributed by atoms with E-state index < -0.39 is 23.3 Å². The highest BCUT2D eigenvalue weighted by Gasteiger charge is 2.47. The first-order valence-electron chi connectivity index (χ1n) is 6.74. The van der Waals surface area contributed by atoms with Gasteiger partial charge in [-0.3, -0.25) is 9.78 Å². The van der Waals surface area contributed by atoms with Gasteiger partial charge in [-0.25, -0.2) is 4.98 Å². The molecule has 2 aromatic heterocycles. The van der Waals surface area contributed by atoms with Gasteiger partial charge >= 0.3 is 6.18 Å². The molecule has 2 heterocycles. The van der Waals surface area contributed by atoms with E-state index in [0.717, 1.165) is 30.1 Å². The number of pyridine rings is 1. The Kier molecular flexibility index (Phi) is 4.05. The van der Waals surface area contributed by atoms with Crippen LogP contribution in [0.4, 0.5) is 13.2 Å². The Morgan fingerprint density at radius 3 is 2.74 bits per heavy atom. The van der Waals surface area contributed by atoms with Gasteiger partial charge in [-0.1, -0.05) is 11.6 Å². The van der Waals surface area contributed by atoms with Gasteiger partial charge in [-0.05, 0) is 25.0 Å². The third-order valence-electron chi connectivity index (χ3n) is 3.69. The molecule has 1 aliphatic rings. The zero-order valence-corrected chi connectivity index (χ0v) is 13.2. The second kappa shape index (κ2) is 5.76. The highest BCUT2D eigenvalue weighted by Crippen LogP contribution is 2.49. The Hall–Kier alpha value is -1.67. The lowest BCUT2D eigenvalue weighted by molar-refractivity contribution is -0.141. The predicted octanol–water partition coefficient (Wildman–Crippen LogP) is 3.67. The van der Waals surface area contributed by atoms with E-state index in [1.807, 2.05) is 0 Å². The Labute approximate surface area is 138 Å². The molecule has 122 valence electrons. The largest absolute Gasteiger partial charge is 0.434 e. The lowest BCUT2D eigenvalue weighted by Gasteiger charge is -2.15. The number of nitrogens with zero attached hydrogens (tertiary/aromatic N) is 2. The maximum Gasteiger partial charge on any atom is 0.434 e. The molecule has 1 N–H and O–H groups in total. The number of aromatic nitrogens is 2. The van der Waals surface area contributed by atoms with Crippen molar-refractivity contribution in [3.63, 3.8) is 0 Å². The molecule has 0 bridgehead atoms. The van der Waals surface area contributed by atoms with E-state index in [1.165, 1.54) is 17.4 Å². The first-order valence-corrected chi connectivity index (χ1v) is 7.99. The highest BCUT2D eigenvalue weighted by molar-refractivity contribution is 7.10. The maximum absolute atomic E-state index is 12.9. The van der Waals surface area contributed by atoms with E-state index in [1.54, 1.807) is 5.38 Å². The van der Waals surface area contributed by atoms with Crippen molar-refractivity contribution in [3.05, 3.63) is 45.1 Å². The number of carbonyl (C=O) groups excluding carboxylic acids is 1. The van der Waals surface area contributed by atoms with Crippen molar-refractivity contribution in [3.8, 4) is 0 Å². The molecule has 1 aliphatic carbocycles. The van der Waals surface area contributed by atoms with Crippen LogP contribution in [-0.4, -0.2) is 22.4 Å². The second-order valence-corrected chi connectivity index (χ2v) is 6.58. The monoisotopic (exact) mass is 361 g/mol. The van der Waals surface area contributed by atoms with Gasteiger partial charge in [0.2, 0.25) is 0 Å². The molecule has 0 atom stereocenters. The smallest absolute Gasteiger partial charge is 0.351 e. The first kappa shape index (κ1) is 16.2. The average molecular weight is 362 g/mol. The minimum absolute atomic E-state index is 0.224. The van der Waals surface area contributed by atoms with Crippen LogP contribution in [0.25, 0.3) is 0 Å². The zero-order valence-electron chi connectivity index (χ0n) is 11.7. The minimum Gasteiger partial charge on any atom is -0.351 e. The fourth-order valence-electron chi connectivity index (χ4n) is 2.27. The van der Waals surface area contributed by atoms with Gasteiger partial charge < -0.3 is 5.32 Å². The molecular formula is C14H11ClF3N3OS. The van der Waals surface area contributed by atoms with Crippen LogP contribution in [0.5, 0.6) is 0 Å². The Morgan fingerprint density at radius 2 is 2.17 bits per heavy atom. The third kappa shape index (κ3) is 3.32. The molecule has 1 saturated carbocycles. The predicted molar refractivity (Wildman–Crippen MR) is 79.6 cm³/mol. The molecule has 0 spiro atoms.